The summed E-state index contributed by atoms with van der Waals surface area (Å²) in [5.41, 5.74) is 1.19. The third-order valence-electron chi connectivity index (χ3n) is 4.96. The van der Waals surface area contributed by atoms with Gasteiger partial charge >= 0.3 is 0 Å². The van der Waals surface area contributed by atoms with E-state index in [0.29, 0.717) is 43.5 Å². The van der Waals surface area contributed by atoms with Gasteiger partial charge in [-0.15, -0.1) is 10.2 Å². The van der Waals surface area contributed by atoms with Crippen LogP contribution in [0.15, 0.2) is 48.7 Å². The minimum Gasteiger partial charge on any atom is -0.366 e. The molecule has 3 aromatic rings. The first-order valence-electron chi connectivity index (χ1n) is 9.49. The lowest BCUT2D eigenvalue weighted by Crippen LogP contribution is -2.49. The van der Waals surface area contributed by atoms with Crippen molar-refractivity contribution in [1.29, 1.82) is 0 Å². The number of hydrogen-bond acceptors (Lipinski definition) is 5. The summed E-state index contributed by atoms with van der Waals surface area (Å²) in [5, 5.41) is 10.6. The third-order valence-corrected chi connectivity index (χ3v) is 4.96. The number of amides is 2. The van der Waals surface area contributed by atoms with Crippen molar-refractivity contribution in [3.63, 3.8) is 0 Å². The second-order valence-electron chi connectivity index (χ2n) is 6.82. The van der Waals surface area contributed by atoms with Crippen LogP contribution in [-0.2, 0) is 9.59 Å². The molecule has 1 aliphatic rings. The summed E-state index contributed by atoms with van der Waals surface area (Å²) in [7, 11) is 0. The van der Waals surface area contributed by atoms with E-state index in [1.165, 1.54) is 6.07 Å². The first kappa shape index (κ1) is 18.9. The number of pyridine rings is 1. The number of hydrogen-bond donors (Lipinski definition) is 1. The smallest absolute Gasteiger partial charge is 0.235 e. The molecule has 0 aliphatic carbocycles. The van der Waals surface area contributed by atoms with Crippen LogP contribution >= 0.6 is 0 Å². The fourth-order valence-corrected chi connectivity index (χ4v) is 3.40. The summed E-state index contributed by atoms with van der Waals surface area (Å²) in [4.78, 5) is 28.3. The molecule has 2 amide bonds. The van der Waals surface area contributed by atoms with Crippen LogP contribution in [0.4, 0.5) is 16.0 Å². The topological polar surface area (TPSA) is 82.8 Å². The van der Waals surface area contributed by atoms with E-state index >= 15 is 0 Å². The predicted molar refractivity (Wildman–Crippen MR) is 106 cm³/mol. The molecule has 4 rings (SSSR count). The standard InChI is InChI=1S/C20H21FN6O2/c21-15-5-1-2-6-16(15)25-11-13-26(14-12-25)19(29)9-8-18(28)22-20-24-23-17-7-3-4-10-27(17)20/h1-7,10H,8-9,11-14H2,(H,22,24,28). The van der Waals surface area contributed by atoms with Gasteiger partial charge in [0.25, 0.3) is 0 Å². The molecular formula is C20H21FN6O2. The van der Waals surface area contributed by atoms with Crippen molar-refractivity contribution in [3.8, 4) is 0 Å². The molecule has 8 nitrogen and oxygen atoms in total. The van der Waals surface area contributed by atoms with Gasteiger partial charge in [-0.3, -0.25) is 19.3 Å². The highest BCUT2D eigenvalue weighted by Gasteiger charge is 2.23. The molecule has 1 N–H and O–H groups in total. The number of para-hydroxylation sites is 1. The van der Waals surface area contributed by atoms with E-state index in [4.69, 9.17) is 0 Å². The van der Waals surface area contributed by atoms with E-state index < -0.39 is 0 Å². The maximum Gasteiger partial charge on any atom is 0.235 e. The van der Waals surface area contributed by atoms with Crippen molar-refractivity contribution in [2.75, 3.05) is 36.4 Å². The molecule has 0 saturated carbocycles. The number of fused-ring (bicyclic) bond motifs is 1. The minimum atomic E-state index is -0.290. The fraction of sp³-hybridized carbons (Fsp3) is 0.300. The molecule has 0 bridgehead atoms. The number of aromatic nitrogens is 3. The van der Waals surface area contributed by atoms with Crippen LogP contribution in [0.5, 0.6) is 0 Å². The number of piperazine rings is 1. The van der Waals surface area contributed by atoms with E-state index in [1.54, 1.807) is 39.8 Å². The number of nitrogens with one attached hydrogen (secondary N) is 1. The summed E-state index contributed by atoms with van der Waals surface area (Å²) in [6.45, 7) is 2.13. The second kappa shape index (κ2) is 8.26. The van der Waals surface area contributed by atoms with Crippen LogP contribution in [0.1, 0.15) is 12.8 Å². The van der Waals surface area contributed by atoms with E-state index in [-0.39, 0.29) is 30.5 Å². The van der Waals surface area contributed by atoms with E-state index in [1.807, 2.05) is 17.0 Å². The Labute approximate surface area is 166 Å². The molecule has 2 aromatic heterocycles. The number of rotatable bonds is 5. The van der Waals surface area contributed by atoms with E-state index in [9.17, 15) is 14.0 Å². The molecule has 1 aliphatic heterocycles. The minimum absolute atomic E-state index is 0.0636. The number of benzene rings is 1. The lowest BCUT2D eigenvalue weighted by molar-refractivity contribution is -0.133. The Balaban J connectivity index is 1.26. The average Bonchev–Trinajstić information content (AvgIpc) is 3.15. The third kappa shape index (κ3) is 4.18. The first-order valence-corrected chi connectivity index (χ1v) is 9.49. The SMILES string of the molecule is O=C(CCC(=O)N1CCN(c2ccccc2F)CC1)Nc1nnc2ccccn12. The van der Waals surface area contributed by atoms with Gasteiger partial charge in [0.1, 0.15) is 5.82 Å². The van der Waals surface area contributed by atoms with Crippen LogP contribution < -0.4 is 10.2 Å². The molecule has 0 spiro atoms. The molecular weight excluding hydrogens is 375 g/mol. The van der Waals surface area contributed by atoms with Gasteiger partial charge < -0.3 is 9.80 Å². The summed E-state index contributed by atoms with van der Waals surface area (Å²) in [6.07, 6.45) is 1.93. The molecule has 1 fully saturated rings. The second-order valence-corrected chi connectivity index (χ2v) is 6.82. The van der Waals surface area contributed by atoms with E-state index in [2.05, 4.69) is 15.5 Å². The Morgan fingerprint density at radius 1 is 0.966 bits per heavy atom. The monoisotopic (exact) mass is 396 g/mol. The largest absolute Gasteiger partial charge is 0.366 e. The van der Waals surface area contributed by atoms with Crippen LogP contribution in [0.25, 0.3) is 5.65 Å². The summed E-state index contributed by atoms with van der Waals surface area (Å²) >= 11 is 0. The fourth-order valence-electron chi connectivity index (χ4n) is 3.40. The number of anilines is 2. The van der Waals surface area contributed by atoms with Gasteiger partial charge in [0, 0.05) is 45.2 Å². The van der Waals surface area contributed by atoms with Gasteiger partial charge in [-0.05, 0) is 24.3 Å². The summed E-state index contributed by atoms with van der Waals surface area (Å²) in [5.74, 6) is -0.303. The quantitative estimate of drug-likeness (QED) is 0.713. The highest BCUT2D eigenvalue weighted by atomic mass is 19.1. The van der Waals surface area contributed by atoms with Crippen molar-refractivity contribution in [1.82, 2.24) is 19.5 Å². The molecule has 0 atom stereocenters. The molecule has 29 heavy (non-hydrogen) atoms. The average molecular weight is 396 g/mol. The molecule has 0 radical (unpaired) electrons. The highest BCUT2D eigenvalue weighted by molar-refractivity contribution is 5.92. The Hall–Kier alpha value is -3.49. The lowest BCUT2D eigenvalue weighted by atomic mass is 10.2. The van der Waals surface area contributed by atoms with Crippen LogP contribution in [0, 0.1) is 5.82 Å². The molecule has 3 heterocycles. The predicted octanol–water partition coefficient (Wildman–Crippen LogP) is 1.94. The Morgan fingerprint density at radius 2 is 1.72 bits per heavy atom. The highest BCUT2D eigenvalue weighted by Crippen LogP contribution is 2.20. The zero-order valence-electron chi connectivity index (χ0n) is 15.8. The maximum absolute atomic E-state index is 13.9. The normalized spacial score (nSPS) is 14.2. The van der Waals surface area contributed by atoms with Crippen molar-refractivity contribution in [2.45, 2.75) is 12.8 Å². The lowest BCUT2D eigenvalue weighted by Gasteiger charge is -2.36. The van der Waals surface area contributed by atoms with Gasteiger partial charge in [-0.1, -0.05) is 18.2 Å². The molecule has 1 saturated heterocycles. The Kier molecular flexibility index (Phi) is 5.37. The van der Waals surface area contributed by atoms with Crippen molar-refractivity contribution in [2.24, 2.45) is 0 Å². The molecule has 0 unspecified atom stereocenters. The van der Waals surface area contributed by atoms with Gasteiger partial charge in [0.15, 0.2) is 5.65 Å². The van der Waals surface area contributed by atoms with Gasteiger partial charge in [0.2, 0.25) is 17.8 Å². The molecule has 9 heteroatoms. The molecule has 150 valence electrons. The number of carbonyl (C=O) groups excluding carboxylic acids is 2. The Bertz CT molecular complexity index is 1030. The van der Waals surface area contributed by atoms with Crippen LogP contribution in [0.2, 0.25) is 0 Å². The van der Waals surface area contributed by atoms with Gasteiger partial charge in [-0.25, -0.2) is 4.39 Å². The summed E-state index contributed by atoms with van der Waals surface area (Å²) in [6, 6.07) is 12.1. The van der Waals surface area contributed by atoms with E-state index in [0.717, 1.165) is 0 Å². The van der Waals surface area contributed by atoms with Crippen molar-refractivity contribution in [3.05, 3.63) is 54.5 Å². The zero-order valence-corrected chi connectivity index (χ0v) is 15.8. The Morgan fingerprint density at radius 3 is 2.52 bits per heavy atom. The number of halogens is 1. The maximum atomic E-state index is 13.9. The van der Waals surface area contributed by atoms with Gasteiger partial charge in [0.05, 0.1) is 5.69 Å². The van der Waals surface area contributed by atoms with Gasteiger partial charge in [-0.2, -0.15) is 0 Å². The van der Waals surface area contributed by atoms with Crippen LogP contribution in [-0.4, -0.2) is 57.5 Å². The van der Waals surface area contributed by atoms with Crippen molar-refractivity contribution >= 4 is 29.1 Å². The number of nitrogens with zero attached hydrogens (tertiary/aromatic N) is 5. The summed E-state index contributed by atoms with van der Waals surface area (Å²) < 4.78 is 15.6. The zero-order chi connectivity index (χ0) is 20.2. The number of carbonyl (C=O) groups is 2. The van der Waals surface area contributed by atoms with Crippen LogP contribution in [0.3, 0.4) is 0 Å². The first-order chi connectivity index (χ1) is 14.1. The molecule has 1 aromatic carbocycles. The van der Waals surface area contributed by atoms with Crippen molar-refractivity contribution < 1.29 is 14.0 Å².